The summed E-state index contributed by atoms with van der Waals surface area (Å²) in [6, 6.07) is 4.81. The molecule has 1 aliphatic rings. The van der Waals surface area contributed by atoms with Gasteiger partial charge in [0.1, 0.15) is 0 Å². The molecule has 1 fully saturated rings. The monoisotopic (exact) mass is 357 g/mol. The highest BCUT2D eigenvalue weighted by atomic mass is 35.5. The number of amides is 1. The molecule has 2 rings (SSSR count). The maximum absolute atomic E-state index is 12.2. The number of carbonyl (C=O) groups is 2. The lowest BCUT2D eigenvalue weighted by Crippen LogP contribution is -2.38. The van der Waals surface area contributed by atoms with E-state index in [4.69, 9.17) is 27.9 Å². The number of rotatable bonds is 5. The van der Waals surface area contributed by atoms with Crippen molar-refractivity contribution in [2.24, 2.45) is 5.92 Å². The van der Waals surface area contributed by atoms with Gasteiger partial charge in [-0.2, -0.15) is 0 Å². The summed E-state index contributed by atoms with van der Waals surface area (Å²) in [7, 11) is 0. The van der Waals surface area contributed by atoms with Crippen LogP contribution in [0.15, 0.2) is 18.2 Å². The average molecular weight is 358 g/mol. The van der Waals surface area contributed by atoms with Gasteiger partial charge in [0.25, 0.3) is 5.91 Å². The molecular weight excluding hydrogens is 337 g/mol. The number of hydrogen-bond acceptors (Lipinski definition) is 3. The van der Waals surface area contributed by atoms with E-state index in [-0.39, 0.29) is 23.8 Å². The molecule has 126 valence electrons. The van der Waals surface area contributed by atoms with Crippen molar-refractivity contribution in [3.8, 4) is 0 Å². The van der Waals surface area contributed by atoms with Gasteiger partial charge < -0.3 is 10.1 Å². The van der Waals surface area contributed by atoms with Crippen LogP contribution in [0.1, 0.15) is 51.1 Å². The first-order valence-corrected chi connectivity index (χ1v) is 8.60. The first-order chi connectivity index (χ1) is 10.9. The van der Waals surface area contributed by atoms with Crippen molar-refractivity contribution in [1.82, 2.24) is 5.32 Å². The quantitative estimate of drug-likeness (QED) is 0.799. The average Bonchev–Trinajstić information content (AvgIpc) is 3.01. The molecule has 0 aliphatic heterocycles. The number of nitrogens with one attached hydrogen (secondary N) is 1. The molecule has 1 aromatic rings. The van der Waals surface area contributed by atoms with Gasteiger partial charge >= 0.3 is 5.97 Å². The molecule has 1 aliphatic carbocycles. The third-order valence-corrected chi connectivity index (χ3v) is 4.70. The van der Waals surface area contributed by atoms with Gasteiger partial charge in [0.05, 0.1) is 12.0 Å². The zero-order valence-electron chi connectivity index (χ0n) is 13.3. The van der Waals surface area contributed by atoms with E-state index in [1.54, 1.807) is 25.1 Å². The summed E-state index contributed by atoms with van der Waals surface area (Å²) >= 11 is 12.0. The second-order valence-electron chi connectivity index (χ2n) is 5.96. The Morgan fingerprint density at radius 1 is 1.22 bits per heavy atom. The van der Waals surface area contributed by atoms with Gasteiger partial charge in [-0.15, -0.1) is 0 Å². The van der Waals surface area contributed by atoms with Gasteiger partial charge in [-0.1, -0.05) is 42.1 Å². The molecule has 1 saturated carbocycles. The van der Waals surface area contributed by atoms with E-state index in [0.717, 1.165) is 31.2 Å². The van der Waals surface area contributed by atoms with Crippen molar-refractivity contribution in [2.45, 2.75) is 51.7 Å². The van der Waals surface area contributed by atoms with Crippen LogP contribution in [0.4, 0.5) is 0 Å². The van der Waals surface area contributed by atoms with Crippen molar-refractivity contribution in [3.05, 3.63) is 33.8 Å². The van der Waals surface area contributed by atoms with Crippen molar-refractivity contribution in [1.29, 1.82) is 0 Å². The lowest BCUT2D eigenvalue weighted by molar-refractivity contribution is -0.158. The van der Waals surface area contributed by atoms with Gasteiger partial charge in [0.15, 0.2) is 6.10 Å². The molecule has 0 spiro atoms. The standard InChI is InChI=1S/C17H21Cl2NO3/c1-10(14-8-7-13(18)9-15(14)19)20-16(21)11(2)23-17(22)12-5-3-4-6-12/h7-12H,3-6H2,1-2H3,(H,20,21)/t10-,11-/m1/s1. The van der Waals surface area contributed by atoms with Crippen LogP contribution in [0.25, 0.3) is 0 Å². The SMILES string of the molecule is C[C@@H](OC(=O)C1CCCC1)C(=O)N[C@H](C)c1ccc(Cl)cc1Cl. The van der Waals surface area contributed by atoms with Crippen molar-refractivity contribution >= 4 is 35.1 Å². The molecule has 4 nitrogen and oxygen atoms in total. The third-order valence-electron chi connectivity index (χ3n) is 4.14. The summed E-state index contributed by atoms with van der Waals surface area (Å²) in [5.41, 5.74) is 0.763. The fourth-order valence-electron chi connectivity index (χ4n) is 2.75. The number of hydrogen-bond donors (Lipinski definition) is 1. The first kappa shape index (κ1) is 18.1. The smallest absolute Gasteiger partial charge is 0.309 e. The Morgan fingerprint density at radius 2 is 1.87 bits per heavy atom. The van der Waals surface area contributed by atoms with Crippen LogP contribution in [0.3, 0.4) is 0 Å². The molecule has 0 aromatic heterocycles. The molecule has 1 amide bonds. The fourth-order valence-corrected chi connectivity index (χ4v) is 3.32. The maximum atomic E-state index is 12.2. The van der Waals surface area contributed by atoms with E-state index in [2.05, 4.69) is 5.32 Å². The Balaban J connectivity index is 1.90. The molecular formula is C17H21Cl2NO3. The van der Waals surface area contributed by atoms with Gasteiger partial charge in [-0.05, 0) is 44.4 Å². The molecule has 1 N–H and O–H groups in total. The van der Waals surface area contributed by atoms with Gasteiger partial charge in [-0.3, -0.25) is 9.59 Å². The van der Waals surface area contributed by atoms with Crippen LogP contribution in [-0.2, 0) is 14.3 Å². The molecule has 6 heteroatoms. The van der Waals surface area contributed by atoms with E-state index >= 15 is 0 Å². The Hall–Kier alpha value is -1.26. The summed E-state index contributed by atoms with van der Waals surface area (Å²) in [4.78, 5) is 24.2. The summed E-state index contributed by atoms with van der Waals surface area (Å²) in [5, 5.41) is 3.83. The van der Waals surface area contributed by atoms with Crippen LogP contribution in [0.2, 0.25) is 10.0 Å². The Labute approximate surface area is 146 Å². The molecule has 0 bridgehead atoms. The summed E-state index contributed by atoms with van der Waals surface area (Å²) in [5.74, 6) is -0.675. The fraction of sp³-hybridized carbons (Fsp3) is 0.529. The van der Waals surface area contributed by atoms with E-state index in [1.807, 2.05) is 6.92 Å². The minimum atomic E-state index is -0.823. The second kappa shape index (κ2) is 8.02. The van der Waals surface area contributed by atoms with E-state index in [1.165, 1.54) is 0 Å². The molecule has 2 atom stereocenters. The highest BCUT2D eigenvalue weighted by Crippen LogP contribution is 2.27. The van der Waals surface area contributed by atoms with Crippen molar-refractivity contribution in [3.63, 3.8) is 0 Å². The number of esters is 1. The molecule has 1 aromatic carbocycles. The zero-order valence-corrected chi connectivity index (χ0v) is 14.8. The second-order valence-corrected chi connectivity index (χ2v) is 6.80. The molecule has 23 heavy (non-hydrogen) atoms. The van der Waals surface area contributed by atoms with Crippen molar-refractivity contribution < 1.29 is 14.3 Å². The largest absolute Gasteiger partial charge is 0.452 e. The molecule has 0 heterocycles. The van der Waals surface area contributed by atoms with Crippen molar-refractivity contribution in [2.75, 3.05) is 0 Å². The number of benzene rings is 1. The molecule has 0 unspecified atom stereocenters. The van der Waals surface area contributed by atoms with Crippen LogP contribution >= 0.6 is 23.2 Å². The van der Waals surface area contributed by atoms with Crippen LogP contribution in [0.5, 0.6) is 0 Å². The Morgan fingerprint density at radius 3 is 2.48 bits per heavy atom. The van der Waals surface area contributed by atoms with Gasteiger partial charge in [0.2, 0.25) is 0 Å². The third kappa shape index (κ3) is 4.85. The predicted molar refractivity (Wildman–Crippen MR) is 90.5 cm³/mol. The highest BCUT2D eigenvalue weighted by Gasteiger charge is 2.28. The van der Waals surface area contributed by atoms with Gasteiger partial charge in [0, 0.05) is 10.0 Å². The summed E-state index contributed by atoms with van der Waals surface area (Å²) in [6.07, 6.45) is 2.98. The van der Waals surface area contributed by atoms with Gasteiger partial charge in [-0.25, -0.2) is 0 Å². The lowest BCUT2D eigenvalue weighted by atomic mass is 10.1. The predicted octanol–water partition coefficient (Wildman–Crippen LogP) is 4.29. The normalized spacial score (nSPS) is 17.6. The van der Waals surface area contributed by atoms with E-state index in [0.29, 0.717) is 10.0 Å². The van der Waals surface area contributed by atoms with Crippen LogP contribution < -0.4 is 5.32 Å². The maximum Gasteiger partial charge on any atom is 0.309 e. The number of halogens is 2. The number of ether oxygens (including phenoxy) is 1. The summed E-state index contributed by atoms with van der Waals surface area (Å²) in [6.45, 7) is 3.40. The van der Waals surface area contributed by atoms with Crippen LogP contribution in [0, 0.1) is 5.92 Å². The number of carbonyl (C=O) groups excluding carboxylic acids is 2. The van der Waals surface area contributed by atoms with E-state index < -0.39 is 6.10 Å². The topological polar surface area (TPSA) is 55.4 Å². The Bertz CT molecular complexity index is 585. The van der Waals surface area contributed by atoms with E-state index in [9.17, 15) is 9.59 Å². The Kier molecular flexibility index (Phi) is 6.31. The summed E-state index contributed by atoms with van der Waals surface area (Å²) < 4.78 is 5.28. The van der Waals surface area contributed by atoms with Crippen LogP contribution in [-0.4, -0.2) is 18.0 Å². The molecule has 0 saturated heterocycles. The first-order valence-electron chi connectivity index (χ1n) is 7.84. The highest BCUT2D eigenvalue weighted by molar-refractivity contribution is 6.35. The molecule has 0 radical (unpaired) electrons. The minimum absolute atomic E-state index is 0.0617. The zero-order chi connectivity index (χ0) is 17.0. The lowest BCUT2D eigenvalue weighted by Gasteiger charge is -2.20. The minimum Gasteiger partial charge on any atom is -0.452 e.